The van der Waals surface area contributed by atoms with Crippen molar-refractivity contribution in [1.82, 2.24) is 0 Å². The van der Waals surface area contributed by atoms with E-state index >= 15 is 0 Å². The average Bonchev–Trinajstić information content (AvgIpc) is 3.11. The maximum absolute atomic E-state index is 5.95. The van der Waals surface area contributed by atoms with Crippen molar-refractivity contribution in [2.45, 2.75) is 19.3 Å². The monoisotopic (exact) mass is 375 g/mol. The summed E-state index contributed by atoms with van der Waals surface area (Å²) >= 11 is 0. The van der Waals surface area contributed by atoms with Gasteiger partial charge in [0.1, 0.15) is 22.7 Å². The van der Waals surface area contributed by atoms with Crippen molar-refractivity contribution in [3.8, 4) is 11.5 Å². The van der Waals surface area contributed by atoms with Crippen molar-refractivity contribution < 1.29 is 13.9 Å². The van der Waals surface area contributed by atoms with Crippen molar-refractivity contribution in [2.75, 3.05) is 25.6 Å². The highest BCUT2D eigenvalue weighted by Crippen LogP contribution is 2.31. The molecule has 4 nitrogen and oxygen atoms in total. The standard InChI is InChI=1S/C24H25NO3/c1-26-19-11-9-18(10-12-19)25-15-5-2-6-16-27-20-13-14-24-22(17-20)21-7-3-4-8-23(21)28-24/h3-4,7-14,17,25H,2,5-6,15-16H2,1H3. The van der Waals surface area contributed by atoms with E-state index in [1.165, 1.54) is 0 Å². The van der Waals surface area contributed by atoms with Gasteiger partial charge in [-0.05, 0) is 67.8 Å². The number of nitrogens with one attached hydrogen (secondary N) is 1. The van der Waals surface area contributed by atoms with Gasteiger partial charge in [0, 0.05) is 23.0 Å². The average molecular weight is 375 g/mol. The molecule has 0 aliphatic rings. The molecule has 4 heteroatoms. The van der Waals surface area contributed by atoms with Crippen LogP contribution in [-0.4, -0.2) is 20.3 Å². The molecule has 1 heterocycles. The minimum atomic E-state index is 0.726. The molecule has 0 aliphatic carbocycles. The summed E-state index contributed by atoms with van der Waals surface area (Å²) in [5.74, 6) is 1.78. The van der Waals surface area contributed by atoms with Gasteiger partial charge in [-0.3, -0.25) is 0 Å². The Kier molecular flexibility index (Phi) is 5.66. The van der Waals surface area contributed by atoms with E-state index in [1.54, 1.807) is 7.11 Å². The summed E-state index contributed by atoms with van der Waals surface area (Å²) in [5.41, 5.74) is 2.94. The second-order valence-corrected chi connectivity index (χ2v) is 6.82. The maximum Gasteiger partial charge on any atom is 0.135 e. The third kappa shape index (κ3) is 4.22. The Bertz CT molecular complexity index is 1040. The van der Waals surface area contributed by atoms with Gasteiger partial charge in [0.15, 0.2) is 0 Å². The van der Waals surface area contributed by atoms with E-state index in [9.17, 15) is 0 Å². The molecule has 0 aliphatic heterocycles. The zero-order valence-corrected chi connectivity index (χ0v) is 16.1. The molecule has 0 atom stereocenters. The second-order valence-electron chi connectivity index (χ2n) is 6.82. The normalized spacial score (nSPS) is 11.0. The Hall–Kier alpha value is -3.14. The number of hydrogen-bond donors (Lipinski definition) is 1. The molecule has 0 saturated heterocycles. The van der Waals surface area contributed by atoms with Gasteiger partial charge in [0.05, 0.1) is 13.7 Å². The molecule has 4 aromatic rings. The van der Waals surface area contributed by atoms with Crippen LogP contribution >= 0.6 is 0 Å². The predicted molar refractivity (Wildman–Crippen MR) is 115 cm³/mol. The Morgan fingerprint density at radius 3 is 2.43 bits per heavy atom. The number of fused-ring (bicyclic) bond motifs is 3. The minimum absolute atomic E-state index is 0.726. The van der Waals surface area contributed by atoms with Crippen LogP contribution in [0.5, 0.6) is 11.5 Å². The highest BCUT2D eigenvalue weighted by atomic mass is 16.5. The summed E-state index contributed by atoms with van der Waals surface area (Å²) in [7, 11) is 1.68. The number of furan rings is 1. The van der Waals surface area contributed by atoms with E-state index in [0.717, 1.165) is 71.5 Å². The van der Waals surface area contributed by atoms with Gasteiger partial charge in [-0.2, -0.15) is 0 Å². The van der Waals surface area contributed by atoms with Crippen LogP contribution < -0.4 is 14.8 Å². The molecule has 0 fully saturated rings. The van der Waals surface area contributed by atoms with Gasteiger partial charge in [-0.15, -0.1) is 0 Å². The smallest absolute Gasteiger partial charge is 0.135 e. The number of anilines is 1. The molecule has 144 valence electrons. The van der Waals surface area contributed by atoms with E-state index in [4.69, 9.17) is 13.9 Å². The molecule has 3 aromatic carbocycles. The summed E-state index contributed by atoms with van der Waals surface area (Å²) in [4.78, 5) is 0. The Morgan fingerprint density at radius 1 is 0.786 bits per heavy atom. The van der Waals surface area contributed by atoms with Crippen molar-refractivity contribution in [1.29, 1.82) is 0 Å². The lowest BCUT2D eigenvalue weighted by atomic mass is 10.1. The molecule has 0 amide bonds. The molecule has 0 radical (unpaired) electrons. The summed E-state index contributed by atoms with van der Waals surface area (Å²) in [5, 5.41) is 5.67. The number of rotatable bonds is 9. The predicted octanol–water partition coefficient (Wildman–Crippen LogP) is 6.26. The number of para-hydroxylation sites is 1. The number of methoxy groups -OCH3 is 1. The molecular formula is C24H25NO3. The van der Waals surface area contributed by atoms with Gasteiger partial charge in [-0.25, -0.2) is 0 Å². The van der Waals surface area contributed by atoms with E-state index < -0.39 is 0 Å². The summed E-state index contributed by atoms with van der Waals surface area (Å²) in [6, 6.07) is 22.2. The fourth-order valence-corrected chi connectivity index (χ4v) is 3.33. The van der Waals surface area contributed by atoms with Gasteiger partial charge in [-0.1, -0.05) is 18.2 Å². The van der Waals surface area contributed by atoms with Crippen LogP contribution in [0.1, 0.15) is 19.3 Å². The van der Waals surface area contributed by atoms with Crippen LogP contribution in [0.15, 0.2) is 71.1 Å². The summed E-state index contributed by atoms with van der Waals surface area (Å²) in [6.07, 6.45) is 3.27. The lowest BCUT2D eigenvalue weighted by Gasteiger charge is -2.08. The largest absolute Gasteiger partial charge is 0.497 e. The molecule has 0 saturated carbocycles. The Balaban J connectivity index is 1.20. The number of unbranched alkanes of at least 4 members (excludes halogenated alkanes) is 2. The molecule has 1 N–H and O–H groups in total. The molecule has 0 unspecified atom stereocenters. The van der Waals surface area contributed by atoms with Crippen LogP contribution in [-0.2, 0) is 0 Å². The van der Waals surface area contributed by atoms with Crippen molar-refractivity contribution in [3.63, 3.8) is 0 Å². The molecule has 0 bridgehead atoms. The van der Waals surface area contributed by atoms with Crippen LogP contribution in [0.25, 0.3) is 21.9 Å². The molecule has 4 rings (SSSR count). The summed E-state index contributed by atoms with van der Waals surface area (Å²) in [6.45, 7) is 1.68. The van der Waals surface area contributed by atoms with E-state index in [1.807, 2.05) is 54.6 Å². The minimum Gasteiger partial charge on any atom is -0.497 e. The molecule has 1 aromatic heterocycles. The van der Waals surface area contributed by atoms with Crippen molar-refractivity contribution in [3.05, 3.63) is 66.7 Å². The van der Waals surface area contributed by atoms with E-state index in [2.05, 4.69) is 17.4 Å². The lowest BCUT2D eigenvalue weighted by Crippen LogP contribution is -2.03. The highest BCUT2D eigenvalue weighted by molar-refractivity contribution is 6.05. The molecule has 28 heavy (non-hydrogen) atoms. The number of hydrogen-bond acceptors (Lipinski definition) is 4. The highest BCUT2D eigenvalue weighted by Gasteiger charge is 2.07. The zero-order valence-electron chi connectivity index (χ0n) is 16.1. The van der Waals surface area contributed by atoms with E-state index in [0.29, 0.717) is 0 Å². The third-order valence-electron chi connectivity index (χ3n) is 4.86. The Morgan fingerprint density at radius 2 is 1.57 bits per heavy atom. The van der Waals surface area contributed by atoms with E-state index in [-0.39, 0.29) is 0 Å². The first-order valence-electron chi connectivity index (χ1n) is 9.75. The third-order valence-corrected chi connectivity index (χ3v) is 4.86. The zero-order chi connectivity index (χ0) is 19.2. The Labute approximate surface area is 165 Å². The number of ether oxygens (including phenoxy) is 2. The van der Waals surface area contributed by atoms with Gasteiger partial charge >= 0.3 is 0 Å². The van der Waals surface area contributed by atoms with Crippen molar-refractivity contribution >= 4 is 27.6 Å². The topological polar surface area (TPSA) is 43.6 Å². The first-order valence-corrected chi connectivity index (χ1v) is 9.75. The van der Waals surface area contributed by atoms with Crippen molar-refractivity contribution in [2.24, 2.45) is 0 Å². The van der Waals surface area contributed by atoms with Gasteiger partial charge in [0.2, 0.25) is 0 Å². The van der Waals surface area contributed by atoms with Gasteiger partial charge < -0.3 is 19.2 Å². The lowest BCUT2D eigenvalue weighted by molar-refractivity contribution is 0.306. The summed E-state index contributed by atoms with van der Waals surface area (Å²) < 4.78 is 17.0. The quantitative estimate of drug-likeness (QED) is 0.351. The second kappa shape index (κ2) is 8.70. The number of benzene rings is 3. The molecule has 0 spiro atoms. The SMILES string of the molecule is COc1ccc(NCCCCCOc2ccc3oc4ccccc4c3c2)cc1. The maximum atomic E-state index is 5.95. The van der Waals surface area contributed by atoms with Crippen LogP contribution in [0, 0.1) is 0 Å². The van der Waals surface area contributed by atoms with Gasteiger partial charge in [0.25, 0.3) is 0 Å². The first-order chi connectivity index (χ1) is 13.8. The van der Waals surface area contributed by atoms with Crippen LogP contribution in [0.2, 0.25) is 0 Å². The van der Waals surface area contributed by atoms with Crippen LogP contribution in [0.3, 0.4) is 0 Å². The van der Waals surface area contributed by atoms with Crippen LogP contribution in [0.4, 0.5) is 5.69 Å². The fraction of sp³-hybridized carbons (Fsp3) is 0.250. The first kappa shape index (κ1) is 18.2. The fourth-order valence-electron chi connectivity index (χ4n) is 3.33. The molecular weight excluding hydrogens is 350 g/mol.